The Morgan fingerprint density at radius 1 is 1.61 bits per heavy atom. The van der Waals surface area contributed by atoms with Crippen LogP contribution in [0.2, 0.25) is 0 Å². The molecule has 1 aliphatic heterocycles. The van der Waals surface area contributed by atoms with Gasteiger partial charge in [0.05, 0.1) is 16.6 Å². The first-order valence-corrected chi connectivity index (χ1v) is 6.43. The molecule has 1 amide bonds. The number of ether oxygens (including phenoxy) is 1. The Labute approximate surface area is 113 Å². The summed E-state index contributed by atoms with van der Waals surface area (Å²) in [6.45, 7) is 0.951. The molecular formula is C12H15BrN2O3. The van der Waals surface area contributed by atoms with E-state index in [4.69, 9.17) is 10.5 Å². The zero-order valence-corrected chi connectivity index (χ0v) is 11.4. The van der Waals surface area contributed by atoms with Crippen molar-refractivity contribution in [3.05, 3.63) is 28.2 Å². The highest BCUT2D eigenvalue weighted by atomic mass is 79.9. The smallest absolute Gasteiger partial charge is 0.252 e. The van der Waals surface area contributed by atoms with Crippen LogP contribution in [-0.2, 0) is 4.74 Å². The summed E-state index contributed by atoms with van der Waals surface area (Å²) in [6, 6.07) is 5.09. The van der Waals surface area contributed by atoms with Crippen LogP contribution in [0.25, 0.3) is 0 Å². The molecule has 2 rings (SSSR count). The van der Waals surface area contributed by atoms with Gasteiger partial charge in [-0.3, -0.25) is 4.79 Å². The Hall–Kier alpha value is -1.11. The van der Waals surface area contributed by atoms with Crippen LogP contribution in [0, 0.1) is 0 Å². The molecule has 0 radical (unpaired) electrons. The van der Waals surface area contributed by atoms with Gasteiger partial charge in [-0.2, -0.15) is 0 Å². The highest BCUT2D eigenvalue weighted by Crippen LogP contribution is 2.24. The van der Waals surface area contributed by atoms with Gasteiger partial charge in [-0.05, 0) is 28.1 Å². The summed E-state index contributed by atoms with van der Waals surface area (Å²) in [7, 11) is 0. The molecule has 1 heterocycles. The van der Waals surface area contributed by atoms with Gasteiger partial charge >= 0.3 is 0 Å². The molecular weight excluding hydrogens is 300 g/mol. The summed E-state index contributed by atoms with van der Waals surface area (Å²) >= 11 is 3.27. The minimum absolute atomic E-state index is 0.174. The van der Waals surface area contributed by atoms with Gasteiger partial charge in [0.15, 0.2) is 0 Å². The Morgan fingerprint density at radius 2 is 2.39 bits per heavy atom. The molecule has 1 fully saturated rings. The van der Waals surface area contributed by atoms with Crippen molar-refractivity contribution < 1.29 is 14.6 Å². The van der Waals surface area contributed by atoms with Gasteiger partial charge in [-0.1, -0.05) is 6.07 Å². The van der Waals surface area contributed by atoms with E-state index in [0.717, 1.165) is 0 Å². The van der Waals surface area contributed by atoms with Crippen LogP contribution in [0.1, 0.15) is 16.8 Å². The van der Waals surface area contributed by atoms with Crippen LogP contribution in [-0.4, -0.2) is 36.4 Å². The quantitative estimate of drug-likeness (QED) is 0.724. The van der Waals surface area contributed by atoms with E-state index in [0.29, 0.717) is 28.8 Å². The van der Waals surface area contributed by atoms with E-state index in [1.54, 1.807) is 18.2 Å². The Bertz CT molecular complexity index is 459. The largest absolute Gasteiger partial charge is 0.398 e. The topological polar surface area (TPSA) is 84.6 Å². The van der Waals surface area contributed by atoms with Crippen molar-refractivity contribution in [3.8, 4) is 0 Å². The molecule has 1 unspecified atom stereocenters. The molecule has 1 aromatic carbocycles. The maximum atomic E-state index is 12.0. The molecule has 1 atom stereocenters. The number of hydrogen-bond donors (Lipinski definition) is 3. The molecule has 1 saturated heterocycles. The molecule has 18 heavy (non-hydrogen) atoms. The first kappa shape index (κ1) is 13.3. The number of nitrogen functional groups attached to an aromatic ring is 1. The maximum absolute atomic E-state index is 12.0. The highest BCUT2D eigenvalue weighted by molar-refractivity contribution is 9.10. The van der Waals surface area contributed by atoms with Crippen LogP contribution in [0.3, 0.4) is 0 Å². The van der Waals surface area contributed by atoms with E-state index in [-0.39, 0.29) is 19.1 Å². The molecule has 1 aliphatic rings. The van der Waals surface area contributed by atoms with Crippen molar-refractivity contribution in [2.75, 3.05) is 25.5 Å². The molecule has 0 spiro atoms. The van der Waals surface area contributed by atoms with Gasteiger partial charge in [-0.25, -0.2) is 0 Å². The first-order valence-electron chi connectivity index (χ1n) is 5.64. The number of amides is 1. The van der Waals surface area contributed by atoms with Crippen molar-refractivity contribution in [2.45, 2.75) is 12.0 Å². The van der Waals surface area contributed by atoms with Gasteiger partial charge in [0.25, 0.3) is 5.91 Å². The lowest BCUT2D eigenvalue weighted by Gasteiger charge is -2.20. The SMILES string of the molecule is Nc1cccc(C(=O)NCC2(O)CCOC2)c1Br. The van der Waals surface area contributed by atoms with Gasteiger partial charge in [-0.15, -0.1) is 0 Å². The van der Waals surface area contributed by atoms with E-state index in [1.807, 2.05) is 0 Å². The number of halogens is 1. The fraction of sp³-hybridized carbons (Fsp3) is 0.417. The number of rotatable bonds is 3. The lowest BCUT2D eigenvalue weighted by atomic mass is 10.0. The van der Waals surface area contributed by atoms with E-state index >= 15 is 0 Å². The third-order valence-corrected chi connectivity index (χ3v) is 3.82. The van der Waals surface area contributed by atoms with Crippen molar-refractivity contribution in [1.82, 2.24) is 5.32 Å². The molecule has 5 nitrogen and oxygen atoms in total. The molecule has 0 aliphatic carbocycles. The number of nitrogens with one attached hydrogen (secondary N) is 1. The zero-order valence-electron chi connectivity index (χ0n) is 9.78. The third kappa shape index (κ3) is 2.82. The average molecular weight is 315 g/mol. The number of carbonyl (C=O) groups is 1. The van der Waals surface area contributed by atoms with Gasteiger partial charge in [0.1, 0.15) is 5.60 Å². The summed E-state index contributed by atoms with van der Waals surface area (Å²) in [6.07, 6.45) is 0.533. The van der Waals surface area contributed by atoms with Gasteiger partial charge in [0.2, 0.25) is 0 Å². The predicted molar refractivity (Wildman–Crippen MR) is 71.3 cm³/mol. The second kappa shape index (κ2) is 5.26. The molecule has 0 bridgehead atoms. The summed E-state index contributed by atoms with van der Waals surface area (Å²) in [5.74, 6) is -0.269. The molecule has 6 heteroatoms. The van der Waals surface area contributed by atoms with Crippen molar-refractivity contribution in [3.63, 3.8) is 0 Å². The Morgan fingerprint density at radius 3 is 3.06 bits per heavy atom. The van der Waals surface area contributed by atoms with Crippen LogP contribution in [0.4, 0.5) is 5.69 Å². The maximum Gasteiger partial charge on any atom is 0.252 e. The van der Waals surface area contributed by atoms with Crippen LogP contribution in [0.5, 0.6) is 0 Å². The van der Waals surface area contributed by atoms with Crippen molar-refractivity contribution >= 4 is 27.5 Å². The van der Waals surface area contributed by atoms with E-state index in [2.05, 4.69) is 21.2 Å². The van der Waals surface area contributed by atoms with Crippen molar-refractivity contribution in [1.29, 1.82) is 0 Å². The average Bonchev–Trinajstić information content (AvgIpc) is 2.77. The highest BCUT2D eigenvalue weighted by Gasteiger charge is 2.32. The minimum Gasteiger partial charge on any atom is -0.398 e. The normalized spacial score (nSPS) is 23.0. The number of hydrogen-bond acceptors (Lipinski definition) is 4. The number of anilines is 1. The summed E-state index contributed by atoms with van der Waals surface area (Å²) in [4.78, 5) is 12.0. The van der Waals surface area contributed by atoms with E-state index < -0.39 is 5.60 Å². The summed E-state index contributed by atoms with van der Waals surface area (Å²) < 4.78 is 5.68. The minimum atomic E-state index is -0.956. The standard InChI is InChI=1S/C12H15BrN2O3/c13-10-8(2-1-3-9(10)14)11(16)15-6-12(17)4-5-18-7-12/h1-3,17H,4-7,14H2,(H,15,16). The molecule has 1 aromatic rings. The summed E-state index contributed by atoms with van der Waals surface area (Å²) in [5, 5.41) is 12.7. The first-order chi connectivity index (χ1) is 8.52. The second-order valence-corrected chi connectivity index (χ2v) is 5.21. The molecule has 0 aromatic heterocycles. The fourth-order valence-electron chi connectivity index (χ4n) is 1.80. The fourth-order valence-corrected chi connectivity index (χ4v) is 2.25. The predicted octanol–water partition coefficient (Wildman–Crippen LogP) is 0.913. The number of carbonyl (C=O) groups excluding carboxylic acids is 1. The third-order valence-electron chi connectivity index (χ3n) is 2.93. The number of benzene rings is 1. The number of nitrogens with two attached hydrogens (primary N) is 1. The van der Waals surface area contributed by atoms with E-state index in [9.17, 15) is 9.90 Å². The zero-order chi connectivity index (χ0) is 13.2. The van der Waals surface area contributed by atoms with Gasteiger partial charge < -0.3 is 20.9 Å². The van der Waals surface area contributed by atoms with Crippen LogP contribution >= 0.6 is 15.9 Å². The second-order valence-electron chi connectivity index (χ2n) is 4.42. The Kier molecular flexibility index (Phi) is 3.89. The monoisotopic (exact) mass is 314 g/mol. The Balaban J connectivity index is 2.01. The number of aliphatic hydroxyl groups is 1. The van der Waals surface area contributed by atoms with E-state index in [1.165, 1.54) is 0 Å². The molecule has 0 saturated carbocycles. The lowest BCUT2D eigenvalue weighted by molar-refractivity contribution is 0.0264. The molecule has 98 valence electrons. The van der Waals surface area contributed by atoms with Crippen LogP contribution < -0.4 is 11.1 Å². The van der Waals surface area contributed by atoms with Gasteiger partial charge in [0, 0.05) is 25.3 Å². The van der Waals surface area contributed by atoms with Crippen LogP contribution in [0.15, 0.2) is 22.7 Å². The lowest BCUT2D eigenvalue weighted by Crippen LogP contribution is -2.43. The molecule has 4 N–H and O–H groups in total. The summed E-state index contributed by atoms with van der Waals surface area (Å²) in [5.41, 5.74) is 5.71. The van der Waals surface area contributed by atoms with Crippen molar-refractivity contribution in [2.24, 2.45) is 0 Å².